The average Bonchev–Trinajstić information content (AvgIpc) is 2.94. The van der Waals surface area contributed by atoms with E-state index in [1.807, 2.05) is 13.8 Å². The first-order chi connectivity index (χ1) is 20.0. The number of nitrogens with one attached hydrogen (secondary N) is 1. The van der Waals surface area contributed by atoms with Gasteiger partial charge in [0, 0.05) is 13.1 Å². The van der Waals surface area contributed by atoms with Crippen LogP contribution < -0.4 is 9.62 Å². The molecule has 0 saturated heterocycles. The standard InChI is InChI=1S/C29H29Cl3F3N3O4S/c1-18(2)15-36-28(40)19(3)37(16-20-9-11-23(30)25(32)13-20)27(39)17-38(43(41,42)22-7-5-4-6-8-22)26-14-21(29(33,34)35)10-12-24(26)31/h4-14,18-19H,15-17H2,1-3H3,(H,36,40)/t19-/m0/s1. The van der Waals surface area contributed by atoms with Crippen molar-refractivity contribution in [2.75, 3.05) is 17.4 Å². The number of rotatable bonds is 11. The summed E-state index contributed by atoms with van der Waals surface area (Å²) in [5.41, 5.74) is -1.25. The van der Waals surface area contributed by atoms with Crippen LogP contribution in [0, 0.1) is 5.92 Å². The highest BCUT2D eigenvalue weighted by Crippen LogP contribution is 2.37. The lowest BCUT2D eigenvalue weighted by Gasteiger charge is -2.32. The van der Waals surface area contributed by atoms with Gasteiger partial charge >= 0.3 is 6.18 Å². The molecule has 7 nitrogen and oxygen atoms in total. The van der Waals surface area contributed by atoms with Crippen LogP contribution in [0.2, 0.25) is 15.1 Å². The molecule has 0 aromatic heterocycles. The molecule has 1 N–H and O–H groups in total. The monoisotopic (exact) mass is 677 g/mol. The fourth-order valence-corrected chi connectivity index (χ4v) is 6.02. The Hall–Kier alpha value is -2.99. The Bertz CT molecular complexity index is 1570. The van der Waals surface area contributed by atoms with Crippen molar-refractivity contribution in [1.29, 1.82) is 0 Å². The predicted octanol–water partition coefficient (Wildman–Crippen LogP) is 7.05. The van der Waals surface area contributed by atoms with Crippen LogP contribution in [0.4, 0.5) is 18.9 Å². The second kappa shape index (κ2) is 14.2. The smallest absolute Gasteiger partial charge is 0.354 e. The summed E-state index contributed by atoms with van der Waals surface area (Å²) in [6.07, 6.45) is -4.82. The molecule has 3 aromatic rings. The molecule has 0 unspecified atom stereocenters. The van der Waals surface area contributed by atoms with Crippen LogP contribution in [-0.4, -0.2) is 44.3 Å². The lowest BCUT2D eigenvalue weighted by molar-refractivity contribution is -0.139. The summed E-state index contributed by atoms with van der Waals surface area (Å²) in [4.78, 5) is 27.8. The lowest BCUT2D eigenvalue weighted by atomic mass is 10.1. The first-order valence-corrected chi connectivity index (χ1v) is 15.6. The summed E-state index contributed by atoms with van der Waals surface area (Å²) in [5.74, 6) is -1.30. The normalized spacial score (nSPS) is 12.6. The topological polar surface area (TPSA) is 86.8 Å². The van der Waals surface area contributed by atoms with Gasteiger partial charge in [-0.15, -0.1) is 0 Å². The Morgan fingerprint density at radius 2 is 1.51 bits per heavy atom. The van der Waals surface area contributed by atoms with Crippen LogP contribution in [0.1, 0.15) is 31.9 Å². The van der Waals surface area contributed by atoms with Crippen LogP contribution in [0.25, 0.3) is 0 Å². The molecule has 0 bridgehead atoms. The minimum Gasteiger partial charge on any atom is -0.354 e. The van der Waals surface area contributed by atoms with E-state index >= 15 is 0 Å². The third kappa shape index (κ3) is 8.78. The number of hydrogen-bond acceptors (Lipinski definition) is 4. The molecule has 0 saturated carbocycles. The Labute approximate surface area is 263 Å². The molecule has 3 rings (SSSR count). The van der Waals surface area contributed by atoms with E-state index in [1.165, 1.54) is 43.3 Å². The second-order valence-electron chi connectivity index (χ2n) is 10.1. The number of anilines is 1. The van der Waals surface area contributed by atoms with Crippen LogP contribution in [0.5, 0.6) is 0 Å². The summed E-state index contributed by atoms with van der Waals surface area (Å²) >= 11 is 18.4. The number of carbonyl (C=O) groups excluding carboxylic acids is 2. The van der Waals surface area contributed by atoms with Gasteiger partial charge < -0.3 is 10.2 Å². The molecule has 43 heavy (non-hydrogen) atoms. The van der Waals surface area contributed by atoms with E-state index in [1.54, 1.807) is 12.1 Å². The molecule has 0 fully saturated rings. The van der Waals surface area contributed by atoms with Gasteiger partial charge in [0.2, 0.25) is 11.8 Å². The summed E-state index contributed by atoms with van der Waals surface area (Å²) < 4.78 is 69.1. The molecule has 3 aromatic carbocycles. The van der Waals surface area contributed by atoms with Gasteiger partial charge in [-0.05, 0) is 60.9 Å². The number of halogens is 6. The molecule has 0 aliphatic heterocycles. The molecular formula is C29H29Cl3F3N3O4S. The third-order valence-electron chi connectivity index (χ3n) is 6.34. The maximum atomic E-state index is 14.0. The SMILES string of the molecule is CC(C)CNC(=O)[C@H](C)N(Cc1ccc(Cl)c(Cl)c1)C(=O)CN(c1cc(C(F)(F)F)ccc1Cl)S(=O)(=O)c1ccccc1. The van der Waals surface area contributed by atoms with Crippen molar-refractivity contribution in [1.82, 2.24) is 10.2 Å². The van der Waals surface area contributed by atoms with Gasteiger partial charge in [-0.3, -0.25) is 13.9 Å². The lowest BCUT2D eigenvalue weighted by Crippen LogP contribution is -2.51. The second-order valence-corrected chi connectivity index (χ2v) is 13.2. The van der Waals surface area contributed by atoms with Crippen LogP contribution in [0.3, 0.4) is 0 Å². The van der Waals surface area contributed by atoms with Crippen molar-refractivity contribution in [2.24, 2.45) is 5.92 Å². The number of benzene rings is 3. The zero-order valence-corrected chi connectivity index (χ0v) is 26.4. The van der Waals surface area contributed by atoms with E-state index in [0.29, 0.717) is 28.5 Å². The van der Waals surface area contributed by atoms with Gasteiger partial charge in [0.1, 0.15) is 12.6 Å². The van der Waals surface area contributed by atoms with Crippen LogP contribution >= 0.6 is 34.8 Å². The van der Waals surface area contributed by atoms with Crippen molar-refractivity contribution in [2.45, 2.75) is 44.4 Å². The number of carbonyl (C=O) groups is 2. The number of hydrogen-bond donors (Lipinski definition) is 1. The minimum atomic E-state index is -4.82. The molecule has 14 heteroatoms. The molecule has 0 aliphatic carbocycles. The highest BCUT2D eigenvalue weighted by atomic mass is 35.5. The van der Waals surface area contributed by atoms with E-state index in [-0.39, 0.29) is 32.4 Å². The summed E-state index contributed by atoms with van der Waals surface area (Å²) in [6.45, 7) is 4.37. The fourth-order valence-electron chi connectivity index (χ4n) is 3.98. The number of amides is 2. The van der Waals surface area contributed by atoms with Crippen LogP contribution in [-0.2, 0) is 32.3 Å². The van der Waals surface area contributed by atoms with Crippen molar-refractivity contribution in [3.8, 4) is 0 Å². The first kappa shape index (κ1) is 34.5. The van der Waals surface area contributed by atoms with Crippen molar-refractivity contribution >= 4 is 62.3 Å². The van der Waals surface area contributed by atoms with Gasteiger partial charge in [0.15, 0.2) is 0 Å². The van der Waals surface area contributed by atoms with Crippen LogP contribution in [0.15, 0.2) is 71.6 Å². The van der Waals surface area contributed by atoms with Crippen molar-refractivity contribution < 1.29 is 31.2 Å². The Kier molecular flexibility index (Phi) is 11.4. The third-order valence-corrected chi connectivity index (χ3v) is 9.17. The van der Waals surface area contributed by atoms with E-state index in [0.717, 1.165) is 11.0 Å². The predicted molar refractivity (Wildman–Crippen MR) is 162 cm³/mol. The zero-order chi connectivity index (χ0) is 32.1. The van der Waals surface area contributed by atoms with Gasteiger partial charge in [-0.2, -0.15) is 13.2 Å². The van der Waals surface area contributed by atoms with Gasteiger partial charge in [0.25, 0.3) is 10.0 Å². The molecule has 2 amide bonds. The van der Waals surface area contributed by atoms with E-state index in [2.05, 4.69) is 5.32 Å². The first-order valence-electron chi connectivity index (χ1n) is 13.0. The Balaban J connectivity index is 2.12. The van der Waals surface area contributed by atoms with Gasteiger partial charge in [0.05, 0.1) is 31.2 Å². The Morgan fingerprint density at radius 1 is 0.884 bits per heavy atom. The highest BCUT2D eigenvalue weighted by Gasteiger charge is 2.36. The largest absolute Gasteiger partial charge is 0.416 e. The quantitative estimate of drug-likeness (QED) is 0.236. The average molecular weight is 679 g/mol. The maximum Gasteiger partial charge on any atom is 0.416 e. The summed E-state index contributed by atoms with van der Waals surface area (Å²) in [7, 11) is -4.63. The van der Waals surface area contributed by atoms with Gasteiger partial charge in [-0.1, -0.05) is 72.9 Å². The summed E-state index contributed by atoms with van der Waals surface area (Å²) in [6, 6.07) is 12.5. The maximum absolute atomic E-state index is 14.0. The number of nitrogens with zero attached hydrogens (tertiary/aromatic N) is 2. The molecular weight excluding hydrogens is 650 g/mol. The molecule has 232 valence electrons. The van der Waals surface area contributed by atoms with Crippen molar-refractivity contribution in [3.63, 3.8) is 0 Å². The molecule has 0 spiro atoms. The number of alkyl halides is 3. The molecule has 0 aliphatic rings. The van der Waals surface area contributed by atoms with E-state index in [9.17, 15) is 31.2 Å². The highest BCUT2D eigenvalue weighted by molar-refractivity contribution is 7.92. The van der Waals surface area contributed by atoms with Gasteiger partial charge in [-0.25, -0.2) is 8.42 Å². The zero-order valence-electron chi connectivity index (χ0n) is 23.3. The van der Waals surface area contributed by atoms with Crippen molar-refractivity contribution in [3.05, 3.63) is 92.9 Å². The summed E-state index contributed by atoms with van der Waals surface area (Å²) in [5, 5.41) is 2.85. The molecule has 0 radical (unpaired) electrons. The van der Waals surface area contributed by atoms with E-state index < -0.39 is 51.9 Å². The Morgan fingerprint density at radius 3 is 2.09 bits per heavy atom. The molecule has 0 heterocycles. The minimum absolute atomic E-state index is 0.102. The number of sulfonamides is 1. The molecule has 1 atom stereocenters. The van der Waals surface area contributed by atoms with E-state index in [4.69, 9.17) is 34.8 Å². The fraction of sp³-hybridized carbons (Fsp3) is 0.310.